The third-order valence-corrected chi connectivity index (χ3v) is 4.01. The van der Waals surface area contributed by atoms with Gasteiger partial charge in [0.1, 0.15) is 17.4 Å². The molecule has 0 bridgehead atoms. The number of fused-ring (bicyclic) bond motifs is 1. The molecule has 0 aliphatic rings. The second-order valence-corrected chi connectivity index (χ2v) is 5.79. The third-order valence-electron chi connectivity index (χ3n) is 3.04. The van der Waals surface area contributed by atoms with E-state index in [-0.39, 0.29) is 6.04 Å². The van der Waals surface area contributed by atoms with Gasteiger partial charge < -0.3 is 9.73 Å². The lowest BCUT2D eigenvalue weighted by Gasteiger charge is -2.13. The van der Waals surface area contributed by atoms with Gasteiger partial charge in [0.25, 0.3) is 0 Å². The summed E-state index contributed by atoms with van der Waals surface area (Å²) >= 11 is 7.40. The van der Waals surface area contributed by atoms with Crippen molar-refractivity contribution in [3.63, 3.8) is 0 Å². The summed E-state index contributed by atoms with van der Waals surface area (Å²) in [7, 11) is 0. The summed E-state index contributed by atoms with van der Waals surface area (Å²) in [6.07, 6.45) is 2.83. The van der Waals surface area contributed by atoms with E-state index in [0.717, 1.165) is 34.6 Å². The van der Waals surface area contributed by atoms with Crippen molar-refractivity contribution >= 4 is 34.1 Å². The van der Waals surface area contributed by atoms with E-state index in [1.165, 1.54) is 11.5 Å². The highest BCUT2D eigenvalue weighted by Crippen LogP contribution is 2.30. The zero-order chi connectivity index (χ0) is 13.9. The van der Waals surface area contributed by atoms with Crippen molar-refractivity contribution in [1.29, 1.82) is 0 Å². The molecule has 1 aromatic carbocycles. The number of aromatic nitrogens is 2. The molecule has 2 heterocycles. The van der Waals surface area contributed by atoms with Gasteiger partial charge in [-0.2, -0.15) is 0 Å². The van der Waals surface area contributed by atoms with Crippen LogP contribution >= 0.6 is 23.1 Å². The molecule has 2 aromatic heterocycles. The highest BCUT2D eigenvalue weighted by Gasteiger charge is 2.20. The van der Waals surface area contributed by atoms with Crippen LogP contribution in [0.25, 0.3) is 11.0 Å². The van der Waals surface area contributed by atoms with E-state index < -0.39 is 0 Å². The molecule has 20 heavy (non-hydrogen) atoms. The summed E-state index contributed by atoms with van der Waals surface area (Å²) in [5.74, 6) is 0.863. The first-order valence-corrected chi connectivity index (χ1v) is 7.62. The Balaban J connectivity index is 1.99. The first kappa shape index (κ1) is 13.5. The predicted molar refractivity (Wildman–Crippen MR) is 81.3 cm³/mol. The van der Waals surface area contributed by atoms with Crippen LogP contribution in [-0.2, 0) is 0 Å². The van der Waals surface area contributed by atoms with E-state index in [9.17, 15) is 0 Å². The molecular formula is C14H14ClN3OS. The Kier molecular flexibility index (Phi) is 4.00. The number of halogens is 1. The normalized spacial score (nSPS) is 12.9. The lowest BCUT2D eigenvalue weighted by Crippen LogP contribution is -2.21. The minimum atomic E-state index is -0.0128. The molecule has 3 rings (SSSR count). The van der Waals surface area contributed by atoms with Crippen LogP contribution in [0.5, 0.6) is 0 Å². The van der Waals surface area contributed by atoms with Crippen molar-refractivity contribution in [2.45, 2.75) is 19.4 Å². The predicted octanol–water partition coefficient (Wildman–Crippen LogP) is 4.03. The Labute approximate surface area is 125 Å². The average molecular weight is 308 g/mol. The van der Waals surface area contributed by atoms with Gasteiger partial charge in [-0.25, -0.2) is 0 Å². The summed E-state index contributed by atoms with van der Waals surface area (Å²) in [5.41, 5.74) is 0.838. The molecule has 0 fully saturated rings. The van der Waals surface area contributed by atoms with Crippen molar-refractivity contribution in [1.82, 2.24) is 14.9 Å². The fourth-order valence-corrected chi connectivity index (χ4v) is 2.88. The number of benzene rings is 1. The number of hydrogen-bond acceptors (Lipinski definition) is 5. The van der Waals surface area contributed by atoms with Crippen molar-refractivity contribution in [3.8, 4) is 0 Å². The molecule has 0 amide bonds. The number of nitrogens with one attached hydrogen (secondary N) is 1. The van der Waals surface area contributed by atoms with Gasteiger partial charge >= 0.3 is 0 Å². The fourth-order valence-electron chi connectivity index (χ4n) is 2.11. The van der Waals surface area contributed by atoms with Gasteiger partial charge in [0.05, 0.1) is 11.1 Å². The van der Waals surface area contributed by atoms with Crippen molar-refractivity contribution in [2.24, 2.45) is 0 Å². The first-order valence-electron chi connectivity index (χ1n) is 6.47. The van der Waals surface area contributed by atoms with E-state index in [4.69, 9.17) is 16.0 Å². The van der Waals surface area contributed by atoms with E-state index >= 15 is 0 Å². The SMILES string of the molecule is CCCNC(c1cc2cc(Cl)ccc2o1)c1cnns1. The molecule has 1 unspecified atom stereocenters. The second-order valence-electron chi connectivity index (χ2n) is 4.54. The molecule has 1 atom stereocenters. The molecule has 1 N–H and O–H groups in total. The quantitative estimate of drug-likeness (QED) is 0.773. The second kappa shape index (κ2) is 5.91. The summed E-state index contributed by atoms with van der Waals surface area (Å²) in [5, 5.41) is 9.10. The molecule has 0 radical (unpaired) electrons. The van der Waals surface area contributed by atoms with Crippen LogP contribution in [0, 0.1) is 0 Å². The van der Waals surface area contributed by atoms with E-state index in [0.29, 0.717) is 5.02 Å². The Morgan fingerprint density at radius 1 is 1.40 bits per heavy atom. The van der Waals surface area contributed by atoms with Gasteiger partial charge in [-0.05, 0) is 48.8 Å². The zero-order valence-corrected chi connectivity index (χ0v) is 12.5. The molecule has 4 nitrogen and oxygen atoms in total. The maximum atomic E-state index is 6.02. The monoisotopic (exact) mass is 307 g/mol. The van der Waals surface area contributed by atoms with Crippen molar-refractivity contribution in [2.75, 3.05) is 6.54 Å². The minimum absolute atomic E-state index is 0.0128. The molecule has 0 spiro atoms. The van der Waals surface area contributed by atoms with Gasteiger partial charge in [-0.15, -0.1) is 5.10 Å². The zero-order valence-electron chi connectivity index (χ0n) is 11.0. The Morgan fingerprint density at radius 2 is 2.30 bits per heavy atom. The summed E-state index contributed by atoms with van der Waals surface area (Å²) < 4.78 is 9.87. The lowest BCUT2D eigenvalue weighted by atomic mass is 10.1. The number of furan rings is 1. The minimum Gasteiger partial charge on any atom is -0.459 e. The van der Waals surface area contributed by atoms with Gasteiger partial charge in [0.2, 0.25) is 0 Å². The van der Waals surface area contributed by atoms with Crippen molar-refractivity contribution < 1.29 is 4.42 Å². The van der Waals surface area contributed by atoms with Crippen LogP contribution in [0.15, 0.2) is 34.9 Å². The molecule has 6 heteroatoms. The maximum absolute atomic E-state index is 6.02. The van der Waals surface area contributed by atoms with E-state index in [2.05, 4.69) is 21.8 Å². The van der Waals surface area contributed by atoms with E-state index in [1.54, 1.807) is 6.20 Å². The Hall–Kier alpha value is -1.43. The topological polar surface area (TPSA) is 51.0 Å². The lowest BCUT2D eigenvalue weighted by molar-refractivity contribution is 0.473. The number of nitrogens with zero attached hydrogens (tertiary/aromatic N) is 2. The smallest absolute Gasteiger partial charge is 0.134 e. The van der Waals surface area contributed by atoms with Crippen LogP contribution in [0.1, 0.15) is 30.0 Å². The number of hydrogen-bond donors (Lipinski definition) is 1. The number of rotatable bonds is 5. The van der Waals surface area contributed by atoms with Crippen LogP contribution in [0.4, 0.5) is 0 Å². The first-order chi connectivity index (χ1) is 9.78. The van der Waals surface area contributed by atoms with Gasteiger partial charge in [-0.1, -0.05) is 23.0 Å². The molecule has 104 valence electrons. The third kappa shape index (κ3) is 2.70. The summed E-state index contributed by atoms with van der Waals surface area (Å²) in [6, 6.07) is 7.64. The van der Waals surface area contributed by atoms with Gasteiger partial charge in [0.15, 0.2) is 0 Å². The molecule has 0 aliphatic carbocycles. The fraction of sp³-hybridized carbons (Fsp3) is 0.286. The van der Waals surface area contributed by atoms with Crippen molar-refractivity contribution in [3.05, 3.63) is 46.1 Å². The Bertz CT molecular complexity index is 696. The maximum Gasteiger partial charge on any atom is 0.134 e. The summed E-state index contributed by atoms with van der Waals surface area (Å²) in [6.45, 7) is 3.04. The highest BCUT2D eigenvalue weighted by molar-refractivity contribution is 7.05. The summed E-state index contributed by atoms with van der Waals surface area (Å²) in [4.78, 5) is 1.05. The largest absolute Gasteiger partial charge is 0.459 e. The standard InChI is InChI=1S/C14H14ClN3OS/c1-2-5-16-14(13-8-17-18-20-13)12-7-9-6-10(15)3-4-11(9)19-12/h3-4,6-8,14,16H,2,5H2,1H3. The molecular weight excluding hydrogens is 294 g/mol. The van der Waals surface area contributed by atoms with Crippen LogP contribution < -0.4 is 5.32 Å². The van der Waals surface area contributed by atoms with Gasteiger partial charge in [0, 0.05) is 10.4 Å². The average Bonchev–Trinajstić information content (AvgIpc) is 3.08. The molecule has 3 aromatic rings. The van der Waals surface area contributed by atoms with Gasteiger partial charge in [-0.3, -0.25) is 0 Å². The molecule has 0 saturated heterocycles. The highest BCUT2D eigenvalue weighted by atomic mass is 35.5. The molecule has 0 saturated carbocycles. The Morgan fingerprint density at radius 3 is 3.05 bits per heavy atom. The van der Waals surface area contributed by atoms with Crippen LogP contribution in [0.2, 0.25) is 5.02 Å². The van der Waals surface area contributed by atoms with Crippen LogP contribution in [0.3, 0.4) is 0 Å². The molecule has 0 aliphatic heterocycles. The van der Waals surface area contributed by atoms with E-state index in [1.807, 2.05) is 24.3 Å². The van der Waals surface area contributed by atoms with Crippen LogP contribution in [-0.4, -0.2) is 16.1 Å².